The molecular formula is C16H20O. The molecule has 0 saturated carbocycles. The van der Waals surface area contributed by atoms with E-state index in [0.717, 1.165) is 5.56 Å². The average Bonchev–Trinajstić information content (AvgIpc) is 2.33. The van der Waals surface area contributed by atoms with Gasteiger partial charge < -0.3 is 5.11 Å². The Morgan fingerprint density at radius 2 is 1.76 bits per heavy atom. The molecule has 0 heterocycles. The van der Waals surface area contributed by atoms with Crippen molar-refractivity contribution in [2.24, 2.45) is 0 Å². The minimum absolute atomic E-state index is 0.301. The molecule has 90 valence electrons. The Kier molecular flexibility index (Phi) is 3.21. The number of benzene rings is 1. The van der Waals surface area contributed by atoms with Crippen molar-refractivity contribution in [2.45, 2.75) is 38.2 Å². The second-order valence-corrected chi connectivity index (χ2v) is 5.25. The number of aliphatic hydroxyl groups is 1. The van der Waals surface area contributed by atoms with Crippen LogP contribution in [0.1, 0.15) is 37.8 Å². The number of hydrogen-bond acceptors (Lipinski definition) is 1. The summed E-state index contributed by atoms with van der Waals surface area (Å²) in [5.41, 5.74) is 2.20. The van der Waals surface area contributed by atoms with Crippen LogP contribution in [-0.2, 0) is 5.41 Å². The van der Waals surface area contributed by atoms with Crippen LogP contribution in [0.2, 0.25) is 0 Å². The lowest BCUT2D eigenvalue weighted by molar-refractivity contribution is 0.159. The maximum atomic E-state index is 10.1. The van der Waals surface area contributed by atoms with E-state index in [-0.39, 0.29) is 5.41 Å². The Morgan fingerprint density at radius 1 is 1.12 bits per heavy atom. The van der Waals surface area contributed by atoms with Crippen LogP contribution in [0.4, 0.5) is 0 Å². The van der Waals surface area contributed by atoms with E-state index in [4.69, 9.17) is 0 Å². The fourth-order valence-corrected chi connectivity index (χ4v) is 2.22. The van der Waals surface area contributed by atoms with Crippen molar-refractivity contribution in [1.29, 1.82) is 0 Å². The number of hydrogen-bond donors (Lipinski definition) is 1. The van der Waals surface area contributed by atoms with Gasteiger partial charge >= 0.3 is 0 Å². The van der Waals surface area contributed by atoms with Crippen LogP contribution < -0.4 is 0 Å². The number of allylic oxidation sites excluding steroid dienone is 2. The first-order chi connectivity index (χ1) is 8.04. The maximum Gasteiger partial charge on any atom is 0.0852 e. The zero-order chi connectivity index (χ0) is 12.5. The van der Waals surface area contributed by atoms with Gasteiger partial charge in [0.15, 0.2) is 0 Å². The zero-order valence-corrected chi connectivity index (χ0v) is 10.7. The molecule has 0 bridgehead atoms. The molecule has 1 heteroatoms. The Bertz CT molecular complexity index is 439. The van der Waals surface area contributed by atoms with E-state index >= 15 is 0 Å². The van der Waals surface area contributed by atoms with Gasteiger partial charge in [-0.1, -0.05) is 62.4 Å². The van der Waals surface area contributed by atoms with Crippen molar-refractivity contribution in [1.82, 2.24) is 0 Å². The van der Waals surface area contributed by atoms with E-state index in [9.17, 15) is 5.11 Å². The zero-order valence-electron chi connectivity index (χ0n) is 10.7. The van der Waals surface area contributed by atoms with E-state index < -0.39 is 6.10 Å². The highest BCUT2D eigenvalue weighted by Crippen LogP contribution is 2.33. The highest BCUT2D eigenvalue weighted by molar-refractivity contribution is 5.39. The van der Waals surface area contributed by atoms with Crippen molar-refractivity contribution in [3.63, 3.8) is 0 Å². The molecule has 2 unspecified atom stereocenters. The van der Waals surface area contributed by atoms with Crippen molar-refractivity contribution in [3.8, 4) is 0 Å². The second-order valence-electron chi connectivity index (χ2n) is 5.25. The third-order valence-corrected chi connectivity index (χ3v) is 3.66. The number of rotatable bonds is 2. The predicted molar refractivity (Wildman–Crippen MR) is 72.2 cm³/mol. The molecule has 0 amide bonds. The quantitative estimate of drug-likeness (QED) is 0.820. The molecule has 1 N–H and O–H groups in total. The van der Waals surface area contributed by atoms with E-state index in [0.29, 0.717) is 5.92 Å². The molecule has 0 spiro atoms. The molecule has 0 fully saturated rings. The van der Waals surface area contributed by atoms with Crippen molar-refractivity contribution in [2.75, 3.05) is 0 Å². The van der Waals surface area contributed by atoms with Crippen molar-refractivity contribution < 1.29 is 5.11 Å². The topological polar surface area (TPSA) is 20.2 Å². The summed E-state index contributed by atoms with van der Waals surface area (Å²) in [6, 6.07) is 8.57. The van der Waals surface area contributed by atoms with Gasteiger partial charge in [0.05, 0.1) is 6.10 Å². The molecule has 2 rings (SSSR count). The standard InChI is InChI=1S/C16H20O/c1-12(2)13-7-9-14(10-8-13)16(3)11-5-4-6-15(16)17/h4-12,15,17H,1-3H3. The smallest absolute Gasteiger partial charge is 0.0852 e. The molecule has 0 radical (unpaired) electrons. The first-order valence-corrected chi connectivity index (χ1v) is 6.18. The minimum Gasteiger partial charge on any atom is -0.388 e. The lowest BCUT2D eigenvalue weighted by Gasteiger charge is -2.32. The number of aliphatic hydroxyl groups excluding tert-OH is 1. The maximum absolute atomic E-state index is 10.1. The van der Waals surface area contributed by atoms with Crippen LogP contribution >= 0.6 is 0 Å². The normalized spacial score (nSPS) is 27.7. The SMILES string of the molecule is CC(C)c1ccc(C2(C)C=CC=CC2O)cc1. The molecule has 1 aliphatic rings. The van der Waals surface area contributed by atoms with Gasteiger partial charge in [0.2, 0.25) is 0 Å². The largest absolute Gasteiger partial charge is 0.388 e. The van der Waals surface area contributed by atoms with Gasteiger partial charge in [-0.05, 0) is 24.0 Å². The first-order valence-electron chi connectivity index (χ1n) is 6.18. The van der Waals surface area contributed by atoms with Crippen LogP contribution in [-0.4, -0.2) is 11.2 Å². The van der Waals surface area contributed by atoms with Crippen molar-refractivity contribution >= 4 is 0 Å². The molecule has 17 heavy (non-hydrogen) atoms. The summed E-state index contributed by atoms with van der Waals surface area (Å²) in [7, 11) is 0. The lowest BCUT2D eigenvalue weighted by atomic mass is 9.75. The summed E-state index contributed by atoms with van der Waals surface area (Å²) < 4.78 is 0. The summed E-state index contributed by atoms with van der Waals surface area (Å²) >= 11 is 0. The molecule has 1 nitrogen and oxygen atoms in total. The van der Waals surface area contributed by atoms with Crippen LogP contribution in [0.25, 0.3) is 0 Å². The Labute approximate surface area is 103 Å². The molecule has 1 aliphatic carbocycles. The summed E-state index contributed by atoms with van der Waals surface area (Å²) in [5.74, 6) is 0.545. The van der Waals surface area contributed by atoms with E-state index in [1.807, 2.05) is 18.2 Å². The average molecular weight is 228 g/mol. The van der Waals surface area contributed by atoms with Crippen molar-refractivity contribution in [3.05, 3.63) is 59.7 Å². The fourth-order valence-electron chi connectivity index (χ4n) is 2.22. The summed E-state index contributed by atoms with van der Waals surface area (Å²) in [6.45, 7) is 6.45. The molecule has 2 atom stereocenters. The Morgan fingerprint density at radius 3 is 2.29 bits per heavy atom. The van der Waals surface area contributed by atoms with Crippen LogP contribution in [0.5, 0.6) is 0 Å². The summed E-state index contributed by atoms with van der Waals surface area (Å²) in [6.07, 6.45) is 7.37. The molecule has 1 aromatic carbocycles. The summed E-state index contributed by atoms with van der Waals surface area (Å²) in [4.78, 5) is 0. The highest BCUT2D eigenvalue weighted by atomic mass is 16.3. The van der Waals surface area contributed by atoms with Crippen LogP contribution in [0.3, 0.4) is 0 Å². The van der Waals surface area contributed by atoms with Crippen LogP contribution in [0.15, 0.2) is 48.6 Å². The third kappa shape index (κ3) is 2.20. The Balaban J connectivity index is 2.34. The monoisotopic (exact) mass is 228 g/mol. The first kappa shape index (κ1) is 12.1. The lowest BCUT2D eigenvalue weighted by Crippen LogP contribution is -2.34. The highest BCUT2D eigenvalue weighted by Gasteiger charge is 2.31. The van der Waals surface area contributed by atoms with Gasteiger partial charge in [0.25, 0.3) is 0 Å². The van der Waals surface area contributed by atoms with Gasteiger partial charge in [-0.25, -0.2) is 0 Å². The molecular weight excluding hydrogens is 208 g/mol. The molecule has 0 saturated heterocycles. The fraction of sp³-hybridized carbons (Fsp3) is 0.375. The van der Waals surface area contributed by atoms with E-state index in [1.165, 1.54) is 5.56 Å². The van der Waals surface area contributed by atoms with Gasteiger partial charge in [-0.3, -0.25) is 0 Å². The van der Waals surface area contributed by atoms with E-state index in [1.54, 1.807) is 0 Å². The van der Waals surface area contributed by atoms with Gasteiger partial charge in [-0.2, -0.15) is 0 Å². The predicted octanol–water partition coefficient (Wildman–Crippen LogP) is 3.55. The van der Waals surface area contributed by atoms with Gasteiger partial charge in [0, 0.05) is 5.41 Å². The van der Waals surface area contributed by atoms with Gasteiger partial charge in [0.1, 0.15) is 0 Å². The molecule has 1 aromatic rings. The second kappa shape index (κ2) is 4.50. The molecule has 0 aromatic heterocycles. The third-order valence-electron chi connectivity index (χ3n) is 3.66. The van der Waals surface area contributed by atoms with Gasteiger partial charge in [-0.15, -0.1) is 0 Å². The summed E-state index contributed by atoms with van der Waals surface area (Å²) in [5, 5.41) is 10.1. The Hall–Kier alpha value is -1.34. The minimum atomic E-state index is -0.447. The van der Waals surface area contributed by atoms with E-state index in [2.05, 4.69) is 51.1 Å². The molecule has 0 aliphatic heterocycles. The van der Waals surface area contributed by atoms with Crippen LogP contribution in [0, 0.1) is 0 Å².